The predicted molar refractivity (Wildman–Crippen MR) is 70.1 cm³/mol. The summed E-state index contributed by atoms with van der Waals surface area (Å²) in [6.45, 7) is 2.33. The van der Waals surface area contributed by atoms with Gasteiger partial charge in [-0.15, -0.1) is 0 Å². The van der Waals surface area contributed by atoms with Crippen molar-refractivity contribution >= 4 is 0 Å². The SMILES string of the molecule is N#Cc1cc(C2CN(C3CCCCC3)C2)ccn1. The highest BCUT2D eigenvalue weighted by atomic mass is 15.2. The Kier molecular flexibility index (Phi) is 3.29. The third-order valence-electron chi connectivity index (χ3n) is 4.37. The second-order valence-corrected chi connectivity index (χ2v) is 5.53. The van der Waals surface area contributed by atoms with Gasteiger partial charge in [0.15, 0.2) is 0 Å². The van der Waals surface area contributed by atoms with Crippen LogP contribution in [-0.2, 0) is 0 Å². The molecule has 2 aliphatic rings. The van der Waals surface area contributed by atoms with E-state index in [0.29, 0.717) is 11.6 Å². The van der Waals surface area contributed by atoms with Gasteiger partial charge in [-0.05, 0) is 30.5 Å². The van der Waals surface area contributed by atoms with Crippen molar-refractivity contribution in [2.75, 3.05) is 13.1 Å². The average Bonchev–Trinajstić information content (AvgIpc) is 2.39. The Morgan fingerprint density at radius 3 is 2.72 bits per heavy atom. The average molecular weight is 241 g/mol. The topological polar surface area (TPSA) is 39.9 Å². The quantitative estimate of drug-likeness (QED) is 0.799. The van der Waals surface area contributed by atoms with Crippen molar-refractivity contribution < 1.29 is 0 Å². The molecule has 2 fully saturated rings. The molecular formula is C15H19N3. The molecule has 3 rings (SSSR count). The van der Waals surface area contributed by atoms with Crippen molar-refractivity contribution in [3.05, 3.63) is 29.6 Å². The van der Waals surface area contributed by atoms with Gasteiger partial charge >= 0.3 is 0 Å². The summed E-state index contributed by atoms with van der Waals surface area (Å²) < 4.78 is 0. The number of hydrogen-bond donors (Lipinski definition) is 0. The van der Waals surface area contributed by atoms with Crippen LogP contribution < -0.4 is 0 Å². The lowest BCUT2D eigenvalue weighted by Gasteiger charge is -2.46. The fourth-order valence-corrected chi connectivity index (χ4v) is 3.23. The van der Waals surface area contributed by atoms with Gasteiger partial charge in [0, 0.05) is 31.2 Å². The van der Waals surface area contributed by atoms with Gasteiger partial charge in [-0.25, -0.2) is 4.98 Å². The molecule has 0 radical (unpaired) electrons. The summed E-state index contributed by atoms with van der Waals surface area (Å²) in [4.78, 5) is 6.65. The molecule has 3 nitrogen and oxygen atoms in total. The largest absolute Gasteiger partial charge is 0.299 e. The molecule has 1 aliphatic carbocycles. The summed E-state index contributed by atoms with van der Waals surface area (Å²) >= 11 is 0. The molecule has 18 heavy (non-hydrogen) atoms. The van der Waals surface area contributed by atoms with Crippen molar-refractivity contribution in [1.82, 2.24) is 9.88 Å². The van der Waals surface area contributed by atoms with Crippen LogP contribution in [0.2, 0.25) is 0 Å². The molecule has 3 heteroatoms. The first-order valence-corrected chi connectivity index (χ1v) is 6.97. The van der Waals surface area contributed by atoms with E-state index in [1.165, 1.54) is 50.8 Å². The van der Waals surface area contributed by atoms with Crippen LogP contribution in [0.15, 0.2) is 18.3 Å². The van der Waals surface area contributed by atoms with E-state index in [1.54, 1.807) is 6.20 Å². The summed E-state index contributed by atoms with van der Waals surface area (Å²) in [5.41, 5.74) is 1.83. The lowest BCUT2D eigenvalue weighted by Crippen LogP contribution is -2.51. The maximum atomic E-state index is 8.87. The molecule has 1 aromatic heterocycles. The zero-order valence-corrected chi connectivity index (χ0v) is 10.7. The normalized spacial score (nSPS) is 22.4. The minimum absolute atomic E-state index is 0.545. The van der Waals surface area contributed by atoms with Crippen LogP contribution in [0.3, 0.4) is 0 Å². The van der Waals surface area contributed by atoms with Gasteiger partial charge in [-0.2, -0.15) is 5.26 Å². The van der Waals surface area contributed by atoms with E-state index in [1.807, 2.05) is 6.07 Å². The van der Waals surface area contributed by atoms with Crippen molar-refractivity contribution in [1.29, 1.82) is 5.26 Å². The smallest absolute Gasteiger partial charge is 0.140 e. The third kappa shape index (κ3) is 2.26. The van der Waals surface area contributed by atoms with Crippen LogP contribution in [0.4, 0.5) is 0 Å². The zero-order chi connectivity index (χ0) is 12.4. The highest BCUT2D eigenvalue weighted by molar-refractivity contribution is 5.29. The Hall–Kier alpha value is -1.40. The van der Waals surface area contributed by atoms with Gasteiger partial charge < -0.3 is 0 Å². The monoisotopic (exact) mass is 241 g/mol. The van der Waals surface area contributed by atoms with Crippen molar-refractivity contribution in [3.8, 4) is 6.07 Å². The zero-order valence-electron chi connectivity index (χ0n) is 10.7. The number of nitriles is 1. The van der Waals surface area contributed by atoms with Crippen LogP contribution in [0.1, 0.15) is 49.3 Å². The Bertz CT molecular complexity index is 451. The Morgan fingerprint density at radius 1 is 1.22 bits per heavy atom. The van der Waals surface area contributed by atoms with Crippen LogP contribution in [-0.4, -0.2) is 29.0 Å². The third-order valence-corrected chi connectivity index (χ3v) is 4.37. The molecule has 1 saturated heterocycles. The van der Waals surface area contributed by atoms with Crippen LogP contribution in [0.5, 0.6) is 0 Å². The van der Waals surface area contributed by atoms with Crippen molar-refractivity contribution in [2.45, 2.75) is 44.1 Å². The van der Waals surface area contributed by atoms with E-state index in [-0.39, 0.29) is 0 Å². The fourth-order valence-electron chi connectivity index (χ4n) is 3.23. The van der Waals surface area contributed by atoms with E-state index in [4.69, 9.17) is 5.26 Å². The number of hydrogen-bond acceptors (Lipinski definition) is 3. The van der Waals surface area contributed by atoms with E-state index in [0.717, 1.165) is 6.04 Å². The molecule has 0 amide bonds. The highest BCUT2D eigenvalue weighted by Gasteiger charge is 2.33. The van der Waals surface area contributed by atoms with E-state index in [9.17, 15) is 0 Å². The molecule has 94 valence electrons. The Labute approximate surface area is 108 Å². The summed E-state index contributed by atoms with van der Waals surface area (Å²) in [5, 5.41) is 8.87. The molecule has 0 N–H and O–H groups in total. The second kappa shape index (κ2) is 5.07. The van der Waals surface area contributed by atoms with Crippen LogP contribution >= 0.6 is 0 Å². The summed E-state index contributed by atoms with van der Waals surface area (Å²) in [5.74, 6) is 0.613. The lowest BCUT2D eigenvalue weighted by atomic mass is 9.86. The summed E-state index contributed by atoms with van der Waals surface area (Å²) in [7, 11) is 0. The Morgan fingerprint density at radius 2 is 2.00 bits per heavy atom. The van der Waals surface area contributed by atoms with Gasteiger partial charge in [0.05, 0.1) is 0 Å². The molecule has 0 atom stereocenters. The van der Waals surface area contributed by atoms with E-state index < -0.39 is 0 Å². The van der Waals surface area contributed by atoms with Gasteiger partial charge in [0.25, 0.3) is 0 Å². The standard InChI is InChI=1S/C15H19N3/c16-9-14-8-12(6-7-17-14)13-10-18(11-13)15-4-2-1-3-5-15/h6-8,13,15H,1-5,10-11H2. The summed E-state index contributed by atoms with van der Waals surface area (Å²) in [6.07, 6.45) is 8.75. The molecule has 0 spiro atoms. The van der Waals surface area contributed by atoms with Gasteiger partial charge in [-0.1, -0.05) is 19.3 Å². The molecular weight excluding hydrogens is 222 g/mol. The first-order chi connectivity index (χ1) is 8.86. The number of nitrogens with zero attached hydrogens (tertiary/aromatic N) is 3. The molecule has 0 unspecified atom stereocenters. The first-order valence-electron chi connectivity index (χ1n) is 6.97. The highest BCUT2D eigenvalue weighted by Crippen LogP contribution is 2.33. The Balaban J connectivity index is 1.59. The molecule has 1 aliphatic heterocycles. The maximum absolute atomic E-state index is 8.87. The van der Waals surface area contributed by atoms with Crippen LogP contribution in [0, 0.1) is 11.3 Å². The summed E-state index contributed by atoms with van der Waals surface area (Å²) in [6, 6.07) is 6.95. The molecule has 0 aromatic carbocycles. The van der Waals surface area contributed by atoms with Crippen molar-refractivity contribution in [3.63, 3.8) is 0 Å². The fraction of sp³-hybridized carbons (Fsp3) is 0.600. The maximum Gasteiger partial charge on any atom is 0.140 e. The van der Waals surface area contributed by atoms with E-state index >= 15 is 0 Å². The molecule has 0 bridgehead atoms. The number of rotatable bonds is 2. The minimum Gasteiger partial charge on any atom is -0.299 e. The number of pyridine rings is 1. The first kappa shape index (κ1) is 11.7. The molecule has 1 saturated carbocycles. The predicted octanol–water partition coefficient (Wildman–Crippen LogP) is 2.69. The molecule has 1 aromatic rings. The lowest BCUT2D eigenvalue weighted by molar-refractivity contribution is 0.0690. The number of aromatic nitrogens is 1. The van der Waals surface area contributed by atoms with E-state index in [2.05, 4.69) is 22.0 Å². The van der Waals surface area contributed by atoms with Gasteiger partial charge in [-0.3, -0.25) is 4.90 Å². The number of likely N-dealkylation sites (tertiary alicyclic amines) is 1. The van der Waals surface area contributed by atoms with Gasteiger partial charge in [0.1, 0.15) is 11.8 Å². The molecule has 2 heterocycles. The minimum atomic E-state index is 0.545. The van der Waals surface area contributed by atoms with Crippen LogP contribution in [0.25, 0.3) is 0 Å². The van der Waals surface area contributed by atoms with Crippen molar-refractivity contribution in [2.24, 2.45) is 0 Å². The second-order valence-electron chi connectivity index (χ2n) is 5.53. The van der Waals surface area contributed by atoms with Gasteiger partial charge in [0.2, 0.25) is 0 Å².